The Morgan fingerprint density at radius 3 is 2.50 bits per heavy atom. The Morgan fingerprint density at radius 2 is 1.94 bits per heavy atom. The molecule has 1 amide bonds. The van der Waals surface area contributed by atoms with Gasteiger partial charge in [-0.05, 0) is 40.9 Å². The smallest absolute Gasteiger partial charge is 0.475 e. The van der Waals surface area contributed by atoms with Gasteiger partial charge in [0.2, 0.25) is 5.91 Å². The SMILES string of the molecule is CN([C@H]1CCN(Cc2csc(C(=N)N)c2)C1=O)S(=O)(=O)c1cc2ccccc2s1.O=C(O)C(F)(F)F. The first-order chi connectivity index (χ1) is 16.7. The van der Waals surface area contributed by atoms with Crippen molar-refractivity contribution in [3.8, 4) is 0 Å². The van der Waals surface area contributed by atoms with Crippen molar-refractivity contribution in [2.24, 2.45) is 5.73 Å². The number of rotatable bonds is 6. The number of hydrogen-bond acceptors (Lipinski definition) is 7. The van der Waals surface area contributed by atoms with E-state index in [1.807, 2.05) is 29.6 Å². The maximum Gasteiger partial charge on any atom is 0.490 e. The zero-order valence-corrected chi connectivity index (χ0v) is 21.1. The number of nitrogen functional groups attached to an aromatic ring is 1. The topological polar surface area (TPSA) is 145 Å². The molecule has 1 aromatic carbocycles. The molecule has 1 fully saturated rings. The summed E-state index contributed by atoms with van der Waals surface area (Å²) >= 11 is 2.58. The van der Waals surface area contributed by atoms with Crippen LogP contribution in [0.15, 0.2) is 46.0 Å². The van der Waals surface area contributed by atoms with Gasteiger partial charge in [-0.15, -0.1) is 22.7 Å². The summed E-state index contributed by atoms with van der Waals surface area (Å²) in [4.78, 5) is 24.1. The molecule has 0 radical (unpaired) electrons. The lowest BCUT2D eigenvalue weighted by molar-refractivity contribution is -0.192. The number of amides is 1. The lowest BCUT2D eigenvalue weighted by Gasteiger charge is -2.22. The lowest BCUT2D eigenvalue weighted by Crippen LogP contribution is -2.42. The minimum Gasteiger partial charge on any atom is -0.475 e. The quantitative estimate of drug-likeness (QED) is 0.311. The van der Waals surface area contributed by atoms with Gasteiger partial charge in [0.05, 0.1) is 4.88 Å². The largest absolute Gasteiger partial charge is 0.490 e. The maximum atomic E-state index is 13.1. The lowest BCUT2D eigenvalue weighted by atomic mass is 10.2. The number of likely N-dealkylation sites (N-methyl/N-ethyl adjacent to an activating group) is 1. The van der Waals surface area contributed by atoms with E-state index in [0.29, 0.717) is 24.4 Å². The third kappa shape index (κ3) is 6.03. The van der Waals surface area contributed by atoms with Crippen LogP contribution in [-0.4, -0.2) is 66.3 Å². The predicted octanol–water partition coefficient (Wildman–Crippen LogP) is 3.30. The molecule has 36 heavy (non-hydrogen) atoms. The van der Waals surface area contributed by atoms with Gasteiger partial charge in [0.25, 0.3) is 10.0 Å². The van der Waals surface area contributed by atoms with E-state index in [-0.39, 0.29) is 16.0 Å². The van der Waals surface area contributed by atoms with Gasteiger partial charge < -0.3 is 15.7 Å². The number of nitrogens with zero attached hydrogens (tertiary/aromatic N) is 2. The van der Waals surface area contributed by atoms with Gasteiger partial charge in [0, 0.05) is 24.8 Å². The van der Waals surface area contributed by atoms with Crippen LogP contribution in [0.4, 0.5) is 13.2 Å². The van der Waals surface area contributed by atoms with Crippen molar-refractivity contribution in [1.29, 1.82) is 5.41 Å². The highest BCUT2D eigenvalue weighted by atomic mass is 32.2. The molecule has 15 heteroatoms. The van der Waals surface area contributed by atoms with Crippen LogP contribution >= 0.6 is 22.7 Å². The van der Waals surface area contributed by atoms with Crippen LogP contribution in [0.3, 0.4) is 0 Å². The third-order valence-corrected chi connectivity index (χ3v) is 9.72. The Hall–Kier alpha value is -3.01. The first-order valence-electron chi connectivity index (χ1n) is 10.2. The predicted molar refractivity (Wildman–Crippen MR) is 130 cm³/mol. The van der Waals surface area contributed by atoms with E-state index in [4.69, 9.17) is 21.0 Å². The van der Waals surface area contributed by atoms with Crippen molar-refractivity contribution in [3.63, 3.8) is 0 Å². The number of aliphatic carboxylic acids is 1. The fourth-order valence-corrected chi connectivity index (χ4v) is 7.13. The molecule has 0 saturated carbocycles. The van der Waals surface area contributed by atoms with Gasteiger partial charge in [-0.2, -0.15) is 17.5 Å². The number of fused-ring (bicyclic) bond motifs is 1. The molecule has 1 saturated heterocycles. The molecule has 0 spiro atoms. The number of alkyl halides is 3. The van der Waals surface area contributed by atoms with Crippen LogP contribution in [0, 0.1) is 5.41 Å². The second kappa shape index (κ2) is 10.5. The van der Waals surface area contributed by atoms with Gasteiger partial charge in [-0.3, -0.25) is 10.2 Å². The van der Waals surface area contributed by atoms with Gasteiger partial charge in [0.15, 0.2) is 0 Å². The molecule has 2 aromatic heterocycles. The number of hydrogen-bond donors (Lipinski definition) is 3. The van der Waals surface area contributed by atoms with Crippen LogP contribution in [0.1, 0.15) is 16.9 Å². The molecule has 3 heterocycles. The molecule has 4 N–H and O–H groups in total. The summed E-state index contributed by atoms with van der Waals surface area (Å²) in [7, 11) is -2.28. The van der Waals surface area contributed by atoms with Crippen LogP contribution in [0.2, 0.25) is 0 Å². The van der Waals surface area contributed by atoms with Gasteiger partial charge in [-0.1, -0.05) is 18.2 Å². The minimum atomic E-state index is -5.08. The average molecular weight is 563 g/mol. The molecule has 0 unspecified atom stereocenters. The van der Waals surface area contributed by atoms with Crippen molar-refractivity contribution >= 4 is 60.5 Å². The molecule has 1 aliphatic rings. The summed E-state index contributed by atoms with van der Waals surface area (Å²) in [6, 6.07) is 10.3. The first-order valence-corrected chi connectivity index (χ1v) is 13.3. The molecule has 0 aliphatic carbocycles. The van der Waals surface area contributed by atoms with E-state index >= 15 is 0 Å². The second-order valence-corrected chi connectivity index (χ2v) is 11.9. The Kier molecular flexibility index (Phi) is 8.07. The standard InChI is InChI=1S/C19H20N4O3S3.C2HF3O2/c1-22(29(25,26)17-9-13-4-2-3-5-15(13)28-17)14-6-7-23(19(14)24)10-12-8-16(18(20)21)27-11-12;3-2(4,5)1(6)7/h2-5,8-9,11,14H,6-7,10H2,1H3,(H3,20,21);(H,6,7)/t14-;/m0./s1. The number of likely N-dealkylation sites (tertiary alicyclic amines) is 1. The minimum absolute atomic E-state index is 0.000960. The molecule has 194 valence electrons. The molecular weight excluding hydrogens is 541 g/mol. The summed E-state index contributed by atoms with van der Waals surface area (Å²) in [5.74, 6) is -2.96. The molecule has 3 aromatic rings. The first kappa shape index (κ1) is 27.6. The number of carboxylic acids is 1. The monoisotopic (exact) mass is 562 g/mol. The number of thiophene rings is 2. The van der Waals surface area contributed by atoms with E-state index in [9.17, 15) is 26.4 Å². The second-order valence-electron chi connectivity index (χ2n) is 7.72. The number of benzene rings is 1. The van der Waals surface area contributed by atoms with Crippen molar-refractivity contribution in [1.82, 2.24) is 9.21 Å². The highest BCUT2D eigenvalue weighted by Crippen LogP contribution is 2.32. The number of amidine groups is 1. The molecule has 0 bridgehead atoms. The third-order valence-electron chi connectivity index (χ3n) is 5.28. The number of sulfonamides is 1. The van der Waals surface area contributed by atoms with Crippen molar-refractivity contribution in [2.45, 2.75) is 29.4 Å². The Balaban J connectivity index is 0.000000454. The maximum absolute atomic E-state index is 13.1. The summed E-state index contributed by atoms with van der Waals surface area (Å²) in [5, 5.41) is 17.4. The highest BCUT2D eigenvalue weighted by molar-refractivity contribution is 7.91. The number of carboxylic acid groups (broad SMARTS) is 1. The number of carbonyl (C=O) groups excluding carboxylic acids is 1. The number of nitrogens with two attached hydrogens (primary N) is 1. The molecule has 9 nitrogen and oxygen atoms in total. The summed E-state index contributed by atoms with van der Waals surface area (Å²) in [5.41, 5.74) is 6.39. The Bertz CT molecular complexity index is 1370. The van der Waals surface area contributed by atoms with Gasteiger partial charge in [-0.25, -0.2) is 13.2 Å². The molecule has 4 rings (SSSR count). The van der Waals surface area contributed by atoms with Gasteiger partial charge in [0.1, 0.15) is 16.1 Å². The summed E-state index contributed by atoms with van der Waals surface area (Å²) in [6.45, 7) is 0.872. The van der Waals surface area contributed by atoms with Crippen LogP contribution in [-0.2, 0) is 26.2 Å². The van der Waals surface area contributed by atoms with E-state index in [1.54, 1.807) is 17.0 Å². The average Bonchev–Trinajstić information content (AvgIpc) is 3.52. The van der Waals surface area contributed by atoms with E-state index in [0.717, 1.165) is 15.6 Å². The Morgan fingerprint density at radius 1 is 1.31 bits per heavy atom. The zero-order valence-electron chi connectivity index (χ0n) is 18.7. The number of carbonyl (C=O) groups is 2. The van der Waals surface area contributed by atoms with Crippen LogP contribution < -0.4 is 5.73 Å². The molecule has 1 aliphatic heterocycles. The van der Waals surface area contributed by atoms with Crippen molar-refractivity contribution < 1.29 is 36.3 Å². The van der Waals surface area contributed by atoms with E-state index < -0.39 is 28.2 Å². The van der Waals surface area contributed by atoms with Crippen LogP contribution in [0.25, 0.3) is 10.1 Å². The van der Waals surface area contributed by atoms with E-state index in [2.05, 4.69) is 0 Å². The zero-order chi connectivity index (χ0) is 26.8. The molecular formula is C21H21F3N4O5S3. The number of nitrogens with one attached hydrogen (secondary N) is 1. The fourth-order valence-electron chi connectivity index (χ4n) is 3.43. The Labute approximate surface area is 212 Å². The summed E-state index contributed by atoms with van der Waals surface area (Å²) in [6.07, 6.45) is -4.64. The van der Waals surface area contributed by atoms with Gasteiger partial charge >= 0.3 is 12.1 Å². The van der Waals surface area contributed by atoms with E-state index in [1.165, 1.54) is 34.0 Å². The van der Waals surface area contributed by atoms with Crippen molar-refractivity contribution in [3.05, 3.63) is 52.2 Å². The molecule has 1 atom stereocenters. The van der Waals surface area contributed by atoms with Crippen molar-refractivity contribution in [2.75, 3.05) is 13.6 Å². The summed E-state index contributed by atoms with van der Waals surface area (Å²) < 4.78 is 60.3. The number of halogens is 3. The normalized spacial score (nSPS) is 16.3. The van der Waals surface area contributed by atoms with Crippen LogP contribution in [0.5, 0.6) is 0 Å². The highest BCUT2D eigenvalue weighted by Gasteiger charge is 2.40. The fraction of sp³-hybridized carbons (Fsp3) is 0.286.